The summed E-state index contributed by atoms with van der Waals surface area (Å²) in [6.07, 6.45) is 0. The minimum Gasteiger partial charge on any atom is -0.399 e. The van der Waals surface area contributed by atoms with Gasteiger partial charge in [-0.05, 0) is 42.8 Å². The normalized spacial score (nSPS) is 11.0. The maximum Gasteiger partial charge on any atom is 0.140 e. The lowest BCUT2D eigenvalue weighted by atomic mass is 10.2. The molecule has 3 aromatic rings. The number of rotatable bonds is 1. The topological polar surface area (TPSA) is 43.8 Å². The molecule has 1 heterocycles. The molecule has 0 saturated heterocycles. The molecule has 0 fully saturated rings. The molecule has 0 amide bonds. The van der Waals surface area contributed by atoms with Gasteiger partial charge >= 0.3 is 0 Å². The van der Waals surface area contributed by atoms with E-state index in [1.807, 2.05) is 43.4 Å². The highest BCUT2D eigenvalue weighted by atomic mass is 15.1. The number of hydrogen-bond acceptors (Lipinski definition) is 2. The summed E-state index contributed by atoms with van der Waals surface area (Å²) >= 11 is 0. The second-order valence-corrected chi connectivity index (χ2v) is 4.56. The minimum atomic E-state index is 0.772. The average Bonchev–Trinajstić information content (AvgIpc) is 2.69. The van der Waals surface area contributed by atoms with Crippen molar-refractivity contribution in [3.63, 3.8) is 0 Å². The molecule has 3 rings (SSSR count). The van der Waals surface area contributed by atoms with Crippen molar-refractivity contribution in [2.45, 2.75) is 6.92 Å². The Kier molecular flexibility index (Phi) is 2.33. The van der Waals surface area contributed by atoms with E-state index in [9.17, 15) is 0 Å². The van der Waals surface area contributed by atoms with Crippen molar-refractivity contribution in [1.29, 1.82) is 0 Å². The molecule has 0 spiro atoms. The SMILES string of the molecule is Cc1cccc2nc(-c3ccc(N)cc3)n(C)c12. The van der Waals surface area contributed by atoms with E-state index in [4.69, 9.17) is 10.7 Å². The highest BCUT2D eigenvalue weighted by molar-refractivity contribution is 5.83. The number of anilines is 1. The van der Waals surface area contributed by atoms with E-state index < -0.39 is 0 Å². The standard InChI is InChI=1S/C15H15N3/c1-10-4-3-5-13-14(10)18(2)15(17-13)11-6-8-12(16)9-7-11/h3-9H,16H2,1-2H3. The van der Waals surface area contributed by atoms with Crippen LogP contribution in [0.2, 0.25) is 0 Å². The molecule has 0 radical (unpaired) electrons. The van der Waals surface area contributed by atoms with Gasteiger partial charge in [-0.25, -0.2) is 4.98 Å². The van der Waals surface area contributed by atoms with Crippen molar-refractivity contribution in [1.82, 2.24) is 9.55 Å². The highest BCUT2D eigenvalue weighted by Crippen LogP contribution is 2.26. The van der Waals surface area contributed by atoms with Crippen LogP contribution in [0.4, 0.5) is 5.69 Å². The second-order valence-electron chi connectivity index (χ2n) is 4.56. The van der Waals surface area contributed by atoms with E-state index in [0.29, 0.717) is 0 Å². The van der Waals surface area contributed by atoms with Crippen LogP contribution in [0.5, 0.6) is 0 Å². The third-order valence-electron chi connectivity index (χ3n) is 3.26. The first-order valence-corrected chi connectivity index (χ1v) is 5.95. The molecule has 90 valence electrons. The van der Waals surface area contributed by atoms with Crippen LogP contribution in [0.15, 0.2) is 42.5 Å². The number of imidazole rings is 1. The van der Waals surface area contributed by atoms with E-state index in [2.05, 4.69) is 17.6 Å². The summed E-state index contributed by atoms with van der Waals surface area (Å²) in [5, 5.41) is 0. The van der Waals surface area contributed by atoms with Crippen molar-refractivity contribution in [2.24, 2.45) is 7.05 Å². The highest BCUT2D eigenvalue weighted by Gasteiger charge is 2.10. The Morgan fingerprint density at radius 2 is 1.78 bits per heavy atom. The van der Waals surface area contributed by atoms with Crippen LogP contribution in [0.3, 0.4) is 0 Å². The smallest absolute Gasteiger partial charge is 0.140 e. The molecular formula is C15H15N3. The molecule has 0 atom stereocenters. The van der Waals surface area contributed by atoms with Crippen LogP contribution in [-0.2, 0) is 7.05 Å². The molecule has 3 nitrogen and oxygen atoms in total. The summed E-state index contributed by atoms with van der Waals surface area (Å²) in [6.45, 7) is 2.11. The Hall–Kier alpha value is -2.29. The lowest BCUT2D eigenvalue weighted by Gasteiger charge is -2.04. The first-order valence-electron chi connectivity index (χ1n) is 5.95. The Bertz CT molecular complexity index is 708. The van der Waals surface area contributed by atoms with Crippen LogP contribution in [-0.4, -0.2) is 9.55 Å². The van der Waals surface area contributed by atoms with Crippen LogP contribution in [0, 0.1) is 6.92 Å². The molecular weight excluding hydrogens is 222 g/mol. The number of fused-ring (bicyclic) bond motifs is 1. The Labute approximate surface area is 106 Å². The Morgan fingerprint density at radius 3 is 2.44 bits per heavy atom. The molecule has 18 heavy (non-hydrogen) atoms. The number of aryl methyl sites for hydroxylation is 2. The van der Waals surface area contributed by atoms with Crippen molar-refractivity contribution < 1.29 is 0 Å². The maximum atomic E-state index is 5.71. The van der Waals surface area contributed by atoms with Gasteiger partial charge in [-0.3, -0.25) is 0 Å². The molecule has 2 aromatic carbocycles. The quantitative estimate of drug-likeness (QED) is 0.661. The molecule has 0 unspecified atom stereocenters. The lowest BCUT2D eigenvalue weighted by molar-refractivity contribution is 0.955. The maximum absolute atomic E-state index is 5.71. The fraction of sp³-hybridized carbons (Fsp3) is 0.133. The molecule has 0 saturated carbocycles. The van der Waals surface area contributed by atoms with Gasteiger partial charge in [0.1, 0.15) is 5.82 Å². The van der Waals surface area contributed by atoms with E-state index in [1.54, 1.807) is 0 Å². The van der Waals surface area contributed by atoms with Crippen molar-refractivity contribution in [3.8, 4) is 11.4 Å². The third kappa shape index (κ3) is 1.56. The number of nitrogens with zero attached hydrogens (tertiary/aromatic N) is 2. The van der Waals surface area contributed by atoms with E-state index in [-0.39, 0.29) is 0 Å². The third-order valence-corrected chi connectivity index (χ3v) is 3.26. The summed E-state index contributed by atoms with van der Waals surface area (Å²) in [6, 6.07) is 14.0. The predicted octanol–water partition coefficient (Wildman–Crippen LogP) is 3.13. The van der Waals surface area contributed by atoms with Crippen molar-refractivity contribution in [3.05, 3.63) is 48.0 Å². The van der Waals surface area contributed by atoms with Gasteiger partial charge in [0, 0.05) is 18.3 Å². The average molecular weight is 237 g/mol. The van der Waals surface area contributed by atoms with Crippen LogP contribution in [0.1, 0.15) is 5.56 Å². The van der Waals surface area contributed by atoms with Gasteiger partial charge in [-0.1, -0.05) is 12.1 Å². The summed E-state index contributed by atoms with van der Waals surface area (Å²) in [7, 11) is 2.05. The van der Waals surface area contributed by atoms with Crippen molar-refractivity contribution in [2.75, 3.05) is 5.73 Å². The van der Waals surface area contributed by atoms with Gasteiger partial charge in [0.05, 0.1) is 11.0 Å². The largest absolute Gasteiger partial charge is 0.399 e. The summed E-state index contributed by atoms with van der Waals surface area (Å²) in [5.41, 5.74) is 11.0. The molecule has 1 aromatic heterocycles. The Balaban J connectivity index is 2.27. The first kappa shape index (κ1) is 10.8. The first-order chi connectivity index (χ1) is 8.66. The molecule has 0 aliphatic rings. The molecule has 2 N–H and O–H groups in total. The number of benzene rings is 2. The predicted molar refractivity (Wildman–Crippen MR) is 75.3 cm³/mol. The van der Waals surface area contributed by atoms with Gasteiger partial charge < -0.3 is 10.3 Å². The zero-order chi connectivity index (χ0) is 12.7. The van der Waals surface area contributed by atoms with Crippen molar-refractivity contribution >= 4 is 16.7 Å². The molecule has 3 heteroatoms. The minimum absolute atomic E-state index is 0.772. The van der Waals surface area contributed by atoms with Crippen LogP contribution in [0.25, 0.3) is 22.4 Å². The van der Waals surface area contributed by atoms with Gasteiger partial charge in [0.2, 0.25) is 0 Å². The second kappa shape index (κ2) is 3.88. The number of para-hydroxylation sites is 1. The monoisotopic (exact) mass is 237 g/mol. The number of aromatic nitrogens is 2. The fourth-order valence-electron chi connectivity index (χ4n) is 2.36. The number of hydrogen-bond donors (Lipinski definition) is 1. The number of nitrogens with two attached hydrogens (primary N) is 1. The van der Waals surface area contributed by atoms with E-state index in [1.165, 1.54) is 11.1 Å². The summed E-state index contributed by atoms with van der Waals surface area (Å²) in [4.78, 5) is 4.70. The molecule has 0 aliphatic heterocycles. The van der Waals surface area contributed by atoms with Crippen LogP contribution >= 0.6 is 0 Å². The Morgan fingerprint density at radius 1 is 1.06 bits per heavy atom. The summed E-state index contributed by atoms with van der Waals surface area (Å²) < 4.78 is 2.14. The van der Waals surface area contributed by atoms with E-state index >= 15 is 0 Å². The van der Waals surface area contributed by atoms with Crippen LogP contribution < -0.4 is 5.73 Å². The van der Waals surface area contributed by atoms with E-state index in [0.717, 1.165) is 22.6 Å². The fourth-order valence-corrected chi connectivity index (χ4v) is 2.36. The van der Waals surface area contributed by atoms with Gasteiger partial charge in [0.25, 0.3) is 0 Å². The zero-order valence-corrected chi connectivity index (χ0v) is 10.5. The molecule has 0 bridgehead atoms. The number of nitrogen functional groups attached to an aromatic ring is 1. The zero-order valence-electron chi connectivity index (χ0n) is 10.5. The molecule has 0 aliphatic carbocycles. The lowest BCUT2D eigenvalue weighted by Crippen LogP contribution is -1.94. The summed E-state index contributed by atoms with van der Waals surface area (Å²) in [5.74, 6) is 0.972. The van der Waals surface area contributed by atoms with Gasteiger partial charge in [-0.2, -0.15) is 0 Å². The van der Waals surface area contributed by atoms with Gasteiger partial charge in [0.15, 0.2) is 0 Å². The van der Waals surface area contributed by atoms with Gasteiger partial charge in [-0.15, -0.1) is 0 Å².